The predicted molar refractivity (Wildman–Crippen MR) is 79.0 cm³/mol. The van der Waals surface area contributed by atoms with Gasteiger partial charge in [-0.1, -0.05) is 17.7 Å². The summed E-state index contributed by atoms with van der Waals surface area (Å²) in [6.07, 6.45) is 0. The van der Waals surface area contributed by atoms with E-state index < -0.39 is 5.97 Å². The molecular formula is C15H16ClNO4. The number of carboxylic acids is 1. The van der Waals surface area contributed by atoms with E-state index in [2.05, 4.69) is 5.32 Å². The minimum absolute atomic E-state index is 0.183. The molecule has 1 aromatic carbocycles. The van der Waals surface area contributed by atoms with Gasteiger partial charge in [0.1, 0.15) is 22.8 Å². The minimum Gasteiger partial charge on any atom is -0.496 e. The van der Waals surface area contributed by atoms with Crippen molar-refractivity contribution in [1.29, 1.82) is 0 Å². The second-order valence-electron chi connectivity index (χ2n) is 4.51. The number of benzene rings is 1. The number of rotatable bonds is 6. The molecule has 0 radical (unpaired) electrons. The van der Waals surface area contributed by atoms with Crippen molar-refractivity contribution in [2.75, 3.05) is 7.11 Å². The molecule has 6 heteroatoms. The molecule has 5 nitrogen and oxygen atoms in total. The van der Waals surface area contributed by atoms with Gasteiger partial charge in [-0.3, -0.25) is 0 Å². The lowest BCUT2D eigenvalue weighted by Gasteiger charge is -2.10. The number of hydrogen-bond donors (Lipinski definition) is 2. The Kier molecular flexibility index (Phi) is 4.88. The van der Waals surface area contributed by atoms with Crippen LogP contribution in [0.4, 0.5) is 0 Å². The number of carbonyl (C=O) groups is 1. The molecule has 0 saturated carbocycles. The zero-order chi connectivity index (χ0) is 15.4. The summed E-state index contributed by atoms with van der Waals surface area (Å²) in [5, 5.41) is 12.7. The summed E-state index contributed by atoms with van der Waals surface area (Å²) in [5.74, 6) is 0.678. The van der Waals surface area contributed by atoms with Crippen LogP contribution in [0.5, 0.6) is 5.75 Å². The van der Waals surface area contributed by atoms with Crippen LogP contribution in [0, 0.1) is 6.92 Å². The third-order valence-electron chi connectivity index (χ3n) is 3.10. The monoisotopic (exact) mass is 309 g/mol. The van der Waals surface area contributed by atoms with Gasteiger partial charge in [-0.25, -0.2) is 4.79 Å². The van der Waals surface area contributed by atoms with Gasteiger partial charge < -0.3 is 19.6 Å². The van der Waals surface area contributed by atoms with Gasteiger partial charge in [0.2, 0.25) is 0 Å². The van der Waals surface area contributed by atoms with Crippen molar-refractivity contribution in [2.45, 2.75) is 20.0 Å². The quantitative estimate of drug-likeness (QED) is 0.857. The molecule has 2 aromatic rings. The smallest absolute Gasteiger partial charge is 0.339 e. The molecular weight excluding hydrogens is 294 g/mol. The maximum Gasteiger partial charge on any atom is 0.339 e. The van der Waals surface area contributed by atoms with Gasteiger partial charge in [0, 0.05) is 17.1 Å². The second kappa shape index (κ2) is 6.65. The largest absolute Gasteiger partial charge is 0.496 e. The van der Waals surface area contributed by atoms with Crippen LogP contribution >= 0.6 is 11.6 Å². The first-order valence-corrected chi connectivity index (χ1v) is 6.75. The highest BCUT2D eigenvalue weighted by Crippen LogP contribution is 2.26. The third-order valence-corrected chi connectivity index (χ3v) is 3.45. The Balaban J connectivity index is 2.02. The van der Waals surface area contributed by atoms with E-state index in [1.807, 2.05) is 12.1 Å². The Morgan fingerprint density at radius 1 is 1.43 bits per heavy atom. The molecule has 1 aromatic heterocycles. The zero-order valence-electron chi connectivity index (χ0n) is 11.8. The molecule has 2 rings (SSSR count). The van der Waals surface area contributed by atoms with Crippen LogP contribution in [0.1, 0.15) is 27.4 Å². The number of aryl methyl sites for hydroxylation is 1. The van der Waals surface area contributed by atoms with Crippen molar-refractivity contribution in [3.63, 3.8) is 0 Å². The normalized spacial score (nSPS) is 10.6. The highest BCUT2D eigenvalue weighted by atomic mass is 35.5. The van der Waals surface area contributed by atoms with Gasteiger partial charge in [-0.15, -0.1) is 0 Å². The summed E-state index contributed by atoms with van der Waals surface area (Å²) in [7, 11) is 1.59. The highest BCUT2D eigenvalue weighted by molar-refractivity contribution is 6.31. The molecule has 0 fully saturated rings. The molecule has 2 N–H and O–H groups in total. The Bertz CT molecular complexity index is 651. The topological polar surface area (TPSA) is 71.7 Å². The average molecular weight is 310 g/mol. The van der Waals surface area contributed by atoms with Crippen molar-refractivity contribution in [3.8, 4) is 5.75 Å². The standard InChI is InChI=1S/C15H16ClNO4/c1-9-11(15(18)19)6-10(21-9)7-17-8-12-13(16)4-3-5-14(12)20-2/h3-6,17H,7-8H2,1-2H3,(H,18,19). The van der Waals surface area contributed by atoms with Crippen LogP contribution in [-0.4, -0.2) is 18.2 Å². The van der Waals surface area contributed by atoms with E-state index in [-0.39, 0.29) is 5.56 Å². The fourth-order valence-corrected chi connectivity index (χ4v) is 2.29. The summed E-state index contributed by atoms with van der Waals surface area (Å²) in [5.41, 5.74) is 1.03. The third kappa shape index (κ3) is 3.56. The van der Waals surface area contributed by atoms with E-state index in [4.69, 9.17) is 25.9 Å². The highest BCUT2D eigenvalue weighted by Gasteiger charge is 2.14. The number of carboxylic acid groups (broad SMARTS) is 1. The van der Waals surface area contributed by atoms with Crippen molar-refractivity contribution in [2.24, 2.45) is 0 Å². The van der Waals surface area contributed by atoms with Gasteiger partial charge in [-0.2, -0.15) is 0 Å². The number of nitrogens with one attached hydrogen (secondary N) is 1. The second-order valence-corrected chi connectivity index (χ2v) is 4.92. The van der Waals surface area contributed by atoms with Gasteiger partial charge in [0.15, 0.2) is 0 Å². The maximum atomic E-state index is 10.9. The van der Waals surface area contributed by atoms with Crippen molar-refractivity contribution in [1.82, 2.24) is 5.32 Å². The van der Waals surface area contributed by atoms with Crippen LogP contribution in [0.2, 0.25) is 5.02 Å². The lowest BCUT2D eigenvalue weighted by molar-refractivity contribution is 0.0695. The van der Waals surface area contributed by atoms with E-state index in [0.717, 1.165) is 5.56 Å². The molecule has 1 heterocycles. The van der Waals surface area contributed by atoms with E-state index in [0.29, 0.717) is 35.4 Å². The lowest BCUT2D eigenvalue weighted by Crippen LogP contribution is -2.13. The number of ether oxygens (including phenoxy) is 1. The molecule has 0 saturated heterocycles. The van der Waals surface area contributed by atoms with Gasteiger partial charge >= 0.3 is 5.97 Å². The summed E-state index contributed by atoms with van der Waals surface area (Å²) >= 11 is 6.14. The van der Waals surface area contributed by atoms with Crippen LogP contribution in [-0.2, 0) is 13.1 Å². The van der Waals surface area contributed by atoms with E-state index in [1.54, 1.807) is 20.1 Å². The Labute approximate surface area is 127 Å². The molecule has 0 atom stereocenters. The van der Waals surface area contributed by atoms with Crippen LogP contribution < -0.4 is 10.1 Å². The number of hydrogen-bond acceptors (Lipinski definition) is 4. The van der Waals surface area contributed by atoms with Gasteiger partial charge in [0.25, 0.3) is 0 Å². The first-order valence-electron chi connectivity index (χ1n) is 6.37. The summed E-state index contributed by atoms with van der Waals surface area (Å²) in [6, 6.07) is 6.97. The summed E-state index contributed by atoms with van der Waals surface area (Å²) in [6.45, 7) is 2.53. The summed E-state index contributed by atoms with van der Waals surface area (Å²) < 4.78 is 10.7. The SMILES string of the molecule is COc1cccc(Cl)c1CNCc1cc(C(=O)O)c(C)o1. The van der Waals surface area contributed by atoms with Gasteiger partial charge in [-0.05, 0) is 25.1 Å². The van der Waals surface area contributed by atoms with Crippen molar-refractivity contribution >= 4 is 17.6 Å². The average Bonchev–Trinajstić information content (AvgIpc) is 2.81. The zero-order valence-corrected chi connectivity index (χ0v) is 12.5. The Morgan fingerprint density at radius 3 is 2.81 bits per heavy atom. The number of furan rings is 1. The van der Waals surface area contributed by atoms with Crippen molar-refractivity contribution < 1.29 is 19.1 Å². The van der Waals surface area contributed by atoms with Crippen LogP contribution in [0.15, 0.2) is 28.7 Å². The summed E-state index contributed by atoms with van der Waals surface area (Å²) in [4.78, 5) is 10.9. The predicted octanol–water partition coefficient (Wildman–Crippen LogP) is 3.24. The Morgan fingerprint density at radius 2 is 2.19 bits per heavy atom. The lowest BCUT2D eigenvalue weighted by atomic mass is 10.2. The van der Waals surface area contributed by atoms with Crippen LogP contribution in [0.25, 0.3) is 0 Å². The Hall–Kier alpha value is -1.98. The van der Waals surface area contributed by atoms with Crippen molar-refractivity contribution in [3.05, 3.63) is 51.9 Å². The minimum atomic E-state index is -0.990. The fraction of sp³-hybridized carbons (Fsp3) is 0.267. The maximum absolute atomic E-state index is 10.9. The van der Waals surface area contributed by atoms with E-state index >= 15 is 0 Å². The van der Waals surface area contributed by atoms with E-state index in [9.17, 15) is 4.79 Å². The number of methoxy groups -OCH3 is 1. The molecule has 21 heavy (non-hydrogen) atoms. The van der Waals surface area contributed by atoms with Gasteiger partial charge in [0.05, 0.1) is 13.7 Å². The molecule has 0 amide bonds. The van der Waals surface area contributed by atoms with E-state index in [1.165, 1.54) is 6.07 Å². The molecule has 0 aliphatic heterocycles. The molecule has 112 valence electrons. The first-order chi connectivity index (χ1) is 10.0. The number of aromatic carboxylic acids is 1. The molecule has 0 spiro atoms. The fourth-order valence-electron chi connectivity index (χ4n) is 2.06. The van der Waals surface area contributed by atoms with Crippen LogP contribution in [0.3, 0.4) is 0 Å². The number of halogens is 1. The molecule has 0 aliphatic rings. The molecule has 0 aliphatic carbocycles. The molecule has 0 bridgehead atoms. The molecule has 0 unspecified atom stereocenters. The first kappa shape index (κ1) is 15.4.